The molecule has 4 heteroatoms. The fourth-order valence-corrected chi connectivity index (χ4v) is 2.77. The third kappa shape index (κ3) is 2.75. The highest BCUT2D eigenvalue weighted by Crippen LogP contribution is 2.29. The molecular formula is C19H17N3O. The smallest absolute Gasteiger partial charge is 0.187 e. The normalized spacial score (nSPS) is 11.9. The van der Waals surface area contributed by atoms with E-state index in [0.29, 0.717) is 5.69 Å². The molecule has 1 aromatic heterocycles. The van der Waals surface area contributed by atoms with E-state index in [9.17, 15) is 5.11 Å². The number of benzene rings is 2. The van der Waals surface area contributed by atoms with Gasteiger partial charge in [-0.3, -0.25) is 0 Å². The molecule has 4 nitrogen and oxygen atoms in total. The van der Waals surface area contributed by atoms with Crippen molar-refractivity contribution in [1.29, 1.82) is 0 Å². The third-order valence-electron chi connectivity index (χ3n) is 3.96. The first-order valence-electron chi connectivity index (χ1n) is 7.39. The molecule has 3 aromatic rings. The lowest BCUT2D eigenvalue weighted by molar-refractivity contribution is 0.218. The van der Waals surface area contributed by atoms with E-state index in [1.165, 1.54) is 0 Å². The van der Waals surface area contributed by atoms with E-state index in [-0.39, 0.29) is 0 Å². The molecule has 0 aliphatic heterocycles. The summed E-state index contributed by atoms with van der Waals surface area (Å²) < 4.78 is 1.81. The molecule has 0 fully saturated rings. The SMILES string of the molecule is [C-]#[N+]c1ccc(-n2nc(C)c(C(O)c3ccccc3)c2C)cc1. The molecular weight excluding hydrogens is 286 g/mol. The molecule has 0 saturated heterocycles. The van der Waals surface area contributed by atoms with Crippen LogP contribution in [0.4, 0.5) is 5.69 Å². The summed E-state index contributed by atoms with van der Waals surface area (Å²) in [7, 11) is 0. The van der Waals surface area contributed by atoms with Crippen LogP contribution in [0, 0.1) is 20.4 Å². The summed E-state index contributed by atoms with van der Waals surface area (Å²) >= 11 is 0. The Morgan fingerprint density at radius 2 is 1.70 bits per heavy atom. The van der Waals surface area contributed by atoms with Gasteiger partial charge in [-0.05, 0) is 31.5 Å². The van der Waals surface area contributed by atoms with Crippen LogP contribution in [0.15, 0.2) is 54.6 Å². The summed E-state index contributed by atoms with van der Waals surface area (Å²) in [6, 6.07) is 16.8. The van der Waals surface area contributed by atoms with Crippen molar-refractivity contribution >= 4 is 5.69 Å². The monoisotopic (exact) mass is 303 g/mol. The minimum Gasteiger partial charge on any atom is -0.384 e. The van der Waals surface area contributed by atoms with E-state index < -0.39 is 6.10 Å². The van der Waals surface area contributed by atoms with Crippen LogP contribution in [0.2, 0.25) is 0 Å². The third-order valence-corrected chi connectivity index (χ3v) is 3.96. The van der Waals surface area contributed by atoms with Crippen LogP contribution in [0.5, 0.6) is 0 Å². The highest BCUT2D eigenvalue weighted by atomic mass is 16.3. The second-order valence-electron chi connectivity index (χ2n) is 5.44. The van der Waals surface area contributed by atoms with Crippen LogP contribution in [0.3, 0.4) is 0 Å². The van der Waals surface area contributed by atoms with E-state index in [1.807, 2.05) is 61.0 Å². The number of rotatable bonds is 3. The lowest BCUT2D eigenvalue weighted by Crippen LogP contribution is -2.03. The maximum Gasteiger partial charge on any atom is 0.187 e. The Morgan fingerprint density at radius 3 is 2.30 bits per heavy atom. The number of hydrogen-bond donors (Lipinski definition) is 1. The predicted molar refractivity (Wildman–Crippen MR) is 89.8 cm³/mol. The van der Waals surface area contributed by atoms with Gasteiger partial charge in [-0.25, -0.2) is 9.53 Å². The Balaban J connectivity index is 2.04. The van der Waals surface area contributed by atoms with E-state index in [0.717, 1.165) is 28.2 Å². The molecule has 1 heterocycles. The van der Waals surface area contributed by atoms with Crippen molar-refractivity contribution < 1.29 is 5.11 Å². The second kappa shape index (κ2) is 6.07. The number of aliphatic hydroxyl groups is 1. The van der Waals surface area contributed by atoms with E-state index in [1.54, 1.807) is 12.1 Å². The summed E-state index contributed by atoms with van der Waals surface area (Å²) in [5, 5.41) is 15.3. The van der Waals surface area contributed by atoms with Gasteiger partial charge in [-0.15, -0.1) is 0 Å². The number of aromatic nitrogens is 2. The molecule has 1 atom stereocenters. The van der Waals surface area contributed by atoms with Crippen molar-refractivity contribution in [2.45, 2.75) is 20.0 Å². The van der Waals surface area contributed by atoms with E-state index in [2.05, 4.69) is 9.94 Å². The van der Waals surface area contributed by atoms with Crippen molar-refractivity contribution in [2.24, 2.45) is 0 Å². The summed E-state index contributed by atoms with van der Waals surface area (Å²) in [6.07, 6.45) is -0.701. The lowest BCUT2D eigenvalue weighted by atomic mass is 10.00. The molecule has 23 heavy (non-hydrogen) atoms. The minimum absolute atomic E-state index is 0.597. The van der Waals surface area contributed by atoms with Crippen LogP contribution in [0.1, 0.15) is 28.6 Å². The molecule has 2 aromatic carbocycles. The zero-order valence-electron chi connectivity index (χ0n) is 13.1. The van der Waals surface area contributed by atoms with Crippen molar-refractivity contribution in [3.8, 4) is 5.69 Å². The molecule has 1 unspecified atom stereocenters. The maximum atomic E-state index is 10.7. The van der Waals surface area contributed by atoms with Gasteiger partial charge in [-0.2, -0.15) is 5.10 Å². The minimum atomic E-state index is -0.701. The van der Waals surface area contributed by atoms with E-state index in [4.69, 9.17) is 6.57 Å². The zero-order chi connectivity index (χ0) is 16.4. The van der Waals surface area contributed by atoms with Crippen LogP contribution in [-0.2, 0) is 0 Å². The van der Waals surface area contributed by atoms with Gasteiger partial charge in [0.15, 0.2) is 5.69 Å². The van der Waals surface area contributed by atoms with Gasteiger partial charge in [0.2, 0.25) is 0 Å². The van der Waals surface area contributed by atoms with Crippen LogP contribution >= 0.6 is 0 Å². The van der Waals surface area contributed by atoms with Gasteiger partial charge in [0.05, 0.1) is 18.0 Å². The van der Waals surface area contributed by atoms with Gasteiger partial charge >= 0.3 is 0 Å². The van der Waals surface area contributed by atoms with Crippen LogP contribution < -0.4 is 0 Å². The zero-order valence-corrected chi connectivity index (χ0v) is 13.1. The van der Waals surface area contributed by atoms with Crippen molar-refractivity contribution in [3.63, 3.8) is 0 Å². The second-order valence-corrected chi connectivity index (χ2v) is 5.44. The molecule has 1 N–H and O–H groups in total. The van der Waals surface area contributed by atoms with Gasteiger partial charge in [0.1, 0.15) is 6.10 Å². The quantitative estimate of drug-likeness (QED) is 0.739. The standard InChI is InChI=1S/C19H17N3O/c1-13-18(19(23)15-7-5-4-6-8-15)14(2)22(21-13)17-11-9-16(20-3)10-12-17/h4-12,19,23H,1-2H3. The average Bonchev–Trinajstić information content (AvgIpc) is 2.89. The molecule has 114 valence electrons. The van der Waals surface area contributed by atoms with Gasteiger partial charge in [0.25, 0.3) is 0 Å². The molecule has 0 saturated carbocycles. The Bertz CT molecular complexity index is 858. The fourth-order valence-electron chi connectivity index (χ4n) is 2.77. The van der Waals surface area contributed by atoms with Crippen molar-refractivity contribution in [1.82, 2.24) is 9.78 Å². The van der Waals surface area contributed by atoms with E-state index >= 15 is 0 Å². The Labute approximate surface area is 135 Å². The first kappa shape index (κ1) is 15.0. The number of aliphatic hydroxyl groups excluding tert-OH is 1. The molecule has 0 bridgehead atoms. The van der Waals surface area contributed by atoms with Gasteiger partial charge in [0, 0.05) is 11.3 Å². The van der Waals surface area contributed by atoms with Crippen LogP contribution in [-0.4, -0.2) is 14.9 Å². The lowest BCUT2D eigenvalue weighted by Gasteiger charge is -2.12. The molecule has 3 rings (SSSR count). The largest absolute Gasteiger partial charge is 0.384 e. The summed E-state index contributed by atoms with van der Waals surface area (Å²) in [6.45, 7) is 10.9. The molecule has 0 spiro atoms. The first-order chi connectivity index (χ1) is 11.1. The molecule has 0 aliphatic carbocycles. The van der Waals surface area contributed by atoms with Crippen molar-refractivity contribution in [3.05, 3.63) is 88.5 Å². The summed E-state index contributed by atoms with van der Waals surface area (Å²) in [5.74, 6) is 0. The maximum absolute atomic E-state index is 10.7. The first-order valence-corrected chi connectivity index (χ1v) is 7.39. The highest BCUT2D eigenvalue weighted by molar-refractivity contribution is 5.50. The molecule has 0 radical (unpaired) electrons. The number of aryl methyl sites for hydroxylation is 1. The predicted octanol–water partition coefficient (Wildman–Crippen LogP) is 4.12. The van der Waals surface area contributed by atoms with Gasteiger partial charge < -0.3 is 5.11 Å². The topological polar surface area (TPSA) is 42.4 Å². The summed E-state index contributed by atoms with van der Waals surface area (Å²) in [5.41, 5.74) is 4.85. The highest BCUT2D eigenvalue weighted by Gasteiger charge is 2.21. The number of nitrogens with zero attached hydrogens (tertiary/aromatic N) is 3. The van der Waals surface area contributed by atoms with Crippen molar-refractivity contribution in [2.75, 3.05) is 0 Å². The van der Waals surface area contributed by atoms with Gasteiger partial charge in [-0.1, -0.05) is 42.5 Å². The molecule has 0 amide bonds. The average molecular weight is 303 g/mol. The Kier molecular flexibility index (Phi) is 3.96. The Hall–Kier alpha value is -2.90. The Morgan fingerprint density at radius 1 is 1.04 bits per heavy atom. The van der Waals surface area contributed by atoms with Crippen LogP contribution in [0.25, 0.3) is 10.5 Å². The number of hydrogen-bond acceptors (Lipinski definition) is 2. The molecule has 0 aliphatic rings. The summed E-state index contributed by atoms with van der Waals surface area (Å²) in [4.78, 5) is 3.40. The fraction of sp³-hybridized carbons (Fsp3) is 0.158.